The van der Waals surface area contributed by atoms with Crippen molar-refractivity contribution in [1.29, 1.82) is 0 Å². The zero-order chi connectivity index (χ0) is 14.7. The molecule has 0 amide bonds. The molecule has 2 nitrogen and oxygen atoms in total. The van der Waals surface area contributed by atoms with Crippen LogP contribution in [0.2, 0.25) is 0 Å². The summed E-state index contributed by atoms with van der Waals surface area (Å²) < 4.78 is 7.10. The molecule has 1 heterocycles. The number of halogens is 1. The minimum absolute atomic E-state index is 0.356. The highest BCUT2D eigenvalue weighted by atomic mass is 79.9. The van der Waals surface area contributed by atoms with Gasteiger partial charge in [-0.05, 0) is 37.0 Å². The molecule has 0 bridgehead atoms. The van der Waals surface area contributed by atoms with Gasteiger partial charge in [0.2, 0.25) is 0 Å². The Kier molecular flexibility index (Phi) is 4.61. The molecule has 0 radical (unpaired) electrons. The van der Waals surface area contributed by atoms with Gasteiger partial charge in [0.15, 0.2) is 0 Å². The number of ether oxygens (including phenoxy) is 1. The lowest BCUT2D eigenvalue weighted by atomic mass is 9.99. The van der Waals surface area contributed by atoms with Crippen molar-refractivity contribution in [1.82, 2.24) is 5.32 Å². The maximum absolute atomic E-state index is 5.94. The molecule has 0 saturated carbocycles. The smallest absolute Gasteiger partial charge is 0.126 e. The van der Waals surface area contributed by atoms with E-state index in [1.807, 2.05) is 6.07 Å². The fourth-order valence-corrected chi connectivity index (χ4v) is 3.28. The molecule has 2 aromatic carbocycles. The zero-order valence-electron chi connectivity index (χ0n) is 12.2. The first-order chi connectivity index (χ1) is 10.3. The van der Waals surface area contributed by atoms with Crippen LogP contribution in [0.25, 0.3) is 0 Å². The largest absolute Gasteiger partial charge is 0.493 e. The van der Waals surface area contributed by atoms with E-state index in [1.54, 1.807) is 0 Å². The molecule has 1 aliphatic heterocycles. The molecule has 110 valence electrons. The minimum Gasteiger partial charge on any atom is -0.493 e. The van der Waals surface area contributed by atoms with E-state index in [0.717, 1.165) is 36.2 Å². The number of nitrogens with one attached hydrogen (secondary N) is 1. The first-order valence-corrected chi connectivity index (χ1v) is 8.24. The molecular weight excluding hydrogens is 326 g/mol. The van der Waals surface area contributed by atoms with Crippen LogP contribution in [0.5, 0.6) is 5.75 Å². The van der Waals surface area contributed by atoms with E-state index in [2.05, 4.69) is 64.6 Å². The molecule has 1 N–H and O–H groups in total. The summed E-state index contributed by atoms with van der Waals surface area (Å²) in [5.74, 6) is 1.07. The van der Waals surface area contributed by atoms with Crippen molar-refractivity contribution in [2.45, 2.75) is 32.4 Å². The SMILES string of the molecule is Cc1cccc2c1OCCCC2NCc1ccccc1Br. The first kappa shape index (κ1) is 14.6. The number of hydrogen-bond donors (Lipinski definition) is 1. The van der Waals surface area contributed by atoms with Crippen LogP contribution in [0.1, 0.15) is 35.6 Å². The summed E-state index contributed by atoms with van der Waals surface area (Å²) >= 11 is 3.62. The lowest BCUT2D eigenvalue weighted by Crippen LogP contribution is -2.21. The van der Waals surface area contributed by atoms with Crippen LogP contribution < -0.4 is 10.1 Å². The van der Waals surface area contributed by atoms with E-state index in [9.17, 15) is 0 Å². The number of fused-ring (bicyclic) bond motifs is 1. The summed E-state index contributed by atoms with van der Waals surface area (Å²) in [6.07, 6.45) is 2.20. The van der Waals surface area contributed by atoms with Gasteiger partial charge in [0, 0.05) is 22.6 Å². The normalized spacial score (nSPS) is 17.7. The molecule has 1 aliphatic rings. The first-order valence-electron chi connectivity index (χ1n) is 7.45. The molecular formula is C18H20BrNO. The van der Waals surface area contributed by atoms with Gasteiger partial charge in [0.25, 0.3) is 0 Å². The molecule has 3 rings (SSSR count). The van der Waals surface area contributed by atoms with Gasteiger partial charge in [0.1, 0.15) is 5.75 Å². The summed E-state index contributed by atoms with van der Waals surface area (Å²) in [5.41, 5.74) is 3.80. The van der Waals surface area contributed by atoms with Crippen molar-refractivity contribution >= 4 is 15.9 Å². The van der Waals surface area contributed by atoms with Gasteiger partial charge >= 0.3 is 0 Å². The van der Waals surface area contributed by atoms with Gasteiger partial charge in [0.05, 0.1) is 6.61 Å². The molecule has 1 atom stereocenters. The summed E-state index contributed by atoms with van der Waals surface area (Å²) in [4.78, 5) is 0. The Morgan fingerprint density at radius 1 is 1.19 bits per heavy atom. The Balaban J connectivity index is 1.80. The zero-order valence-corrected chi connectivity index (χ0v) is 13.8. The van der Waals surface area contributed by atoms with Crippen LogP contribution in [0, 0.1) is 6.92 Å². The fraction of sp³-hybridized carbons (Fsp3) is 0.333. The molecule has 2 aromatic rings. The Morgan fingerprint density at radius 3 is 2.90 bits per heavy atom. The fourth-order valence-electron chi connectivity index (χ4n) is 2.85. The predicted octanol–water partition coefficient (Wildman–Crippen LogP) is 4.76. The van der Waals surface area contributed by atoms with Crippen molar-refractivity contribution in [3.63, 3.8) is 0 Å². The second kappa shape index (κ2) is 6.63. The van der Waals surface area contributed by atoms with Gasteiger partial charge in [-0.25, -0.2) is 0 Å². The Morgan fingerprint density at radius 2 is 2.05 bits per heavy atom. The predicted molar refractivity (Wildman–Crippen MR) is 89.6 cm³/mol. The highest BCUT2D eigenvalue weighted by Gasteiger charge is 2.20. The molecule has 1 unspecified atom stereocenters. The van der Waals surface area contributed by atoms with Crippen molar-refractivity contribution < 1.29 is 4.74 Å². The standard InChI is InChI=1S/C18H20BrNO/c1-13-6-4-8-15-17(10-5-11-21-18(13)15)20-12-14-7-2-3-9-16(14)19/h2-4,6-9,17,20H,5,10-12H2,1H3. The van der Waals surface area contributed by atoms with Crippen LogP contribution in [0.4, 0.5) is 0 Å². The number of benzene rings is 2. The second-order valence-electron chi connectivity index (χ2n) is 5.51. The van der Waals surface area contributed by atoms with E-state index in [0.29, 0.717) is 6.04 Å². The highest BCUT2D eigenvalue weighted by Crippen LogP contribution is 2.34. The van der Waals surface area contributed by atoms with E-state index < -0.39 is 0 Å². The summed E-state index contributed by atoms with van der Waals surface area (Å²) in [7, 11) is 0. The van der Waals surface area contributed by atoms with Crippen LogP contribution in [0.15, 0.2) is 46.9 Å². The average molecular weight is 346 g/mol. The maximum Gasteiger partial charge on any atom is 0.126 e. The van der Waals surface area contributed by atoms with Crippen LogP contribution in [-0.4, -0.2) is 6.61 Å². The quantitative estimate of drug-likeness (QED) is 0.865. The maximum atomic E-state index is 5.94. The van der Waals surface area contributed by atoms with Crippen LogP contribution >= 0.6 is 15.9 Å². The van der Waals surface area contributed by atoms with Gasteiger partial charge in [-0.2, -0.15) is 0 Å². The van der Waals surface area contributed by atoms with Gasteiger partial charge in [-0.3, -0.25) is 0 Å². The molecule has 3 heteroatoms. The molecule has 0 spiro atoms. The average Bonchev–Trinajstić information content (AvgIpc) is 2.70. The van der Waals surface area contributed by atoms with Crippen molar-refractivity contribution in [2.24, 2.45) is 0 Å². The number of rotatable bonds is 3. The molecule has 0 aliphatic carbocycles. The van der Waals surface area contributed by atoms with Crippen molar-refractivity contribution in [3.05, 3.63) is 63.6 Å². The van der Waals surface area contributed by atoms with Crippen LogP contribution in [0.3, 0.4) is 0 Å². The Hall–Kier alpha value is -1.32. The van der Waals surface area contributed by atoms with Crippen molar-refractivity contribution in [3.8, 4) is 5.75 Å². The van der Waals surface area contributed by atoms with Gasteiger partial charge in [-0.15, -0.1) is 0 Å². The van der Waals surface area contributed by atoms with E-state index in [4.69, 9.17) is 4.74 Å². The molecule has 21 heavy (non-hydrogen) atoms. The number of hydrogen-bond acceptors (Lipinski definition) is 2. The third-order valence-corrected chi connectivity index (χ3v) is 4.77. The lowest BCUT2D eigenvalue weighted by molar-refractivity contribution is 0.313. The monoisotopic (exact) mass is 345 g/mol. The molecule has 0 saturated heterocycles. The second-order valence-corrected chi connectivity index (χ2v) is 6.36. The summed E-state index contributed by atoms with van der Waals surface area (Å²) in [5, 5.41) is 3.69. The summed E-state index contributed by atoms with van der Waals surface area (Å²) in [6.45, 7) is 3.79. The third-order valence-electron chi connectivity index (χ3n) is 4.00. The van der Waals surface area contributed by atoms with Gasteiger partial charge in [-0.1, -0.05) is 52.3 Å². The molecule has 0 aromatic heterocycles. The van der Waals surface area contributed by atoms with E-state index >= 15 is 0 Å². The highest BCUT2D eigenvalue weighted by molar-refractivity contribution is 9.10. The molecule has 0 fully saturated rings. The lowest BCUT2D eigenvalue weighted by Gasteiger charge is -2.20. The van der Waals surface area contributed by atoms with Gasteiger partial charge < -0.3 is 10.1 Å². The minimum atomic E-state index is 0.356. The Labute approximate surface area is 134 Å². The van der Waals surface area contributed by atoms with Crippen molar-refractivity contribution in [2.75, 3.05) is 6.61 Å². The van der Waals surface area contributed by atoms with E-state index in [1.165, 1.54) is 16.7 Å². The summed E-state index contributed by atoms with van der Waals surface area (Å²) in [6, 6.07) is 15.2. The number of aryl methyl sites for hydroxylation is 1. The van der Waals surface area contributed by atoms with Crippen LogP contribution in [-0.2, 0) is 6.54 Å². The van der Waals surface area contributed by atoms with E-state index in [-0.39, 0.29) is 0 Å². The third kappa shape index (κ3) is 3.30. The Bertz CT molecular complexity index is 626. The topological polar surface area (TPSA) is 21.3 Å². The number of para-hydroxylation sites is 1.